The first kappa shape index (κ1) is 10.1. The molecular formula is C12H24. The standard InChI is InChI=1S/C12H24/c1-6-10(8-12(3,4)5)11-7-9(11)2/h9-11H,6-8H2,1-5H3. The van der Waals surface area contributed by atoms with Gasteiger partial charge in [-0.3, -0.25) is 0 Å². The predicted octanol–water partition coefficient (Wildman–Crippen LogP) is 4.10. The average Bonchev–Trinajstić information content (AvgIpc) is 2.60. The second kappa shape index (κ2) is 3.40. The second-order valence-electron chi connectivity index (χ2n) is 5.81. The molecule has 0 aromatic carbocycles. The minimum atomic E-state index is 0.531. The van der Waals surface area contributed by atoms with E-state index in [1.807, 2.05) is 0 Å². The smallest absolute Gasteiger partial charge is 0.0357 e. The fourth-order valence-corrected chi connectivity index (χ4v) is 2.39. The maximum Gasteiger partial charge on any atom is -0.0357 e. The summed E-state index contributed by atoms with van der Waals surface area (Å²) in [5.41, 5.74) is 0.531. The molecule has 0 nitrogen and oxygen atoms in total. The van der Waals surface area contributed by atoms with E-state index in [0.717, 1.165) is 17.8 Å². The van der Waals surface area contributed by atoms with Gasteiger partial charge in [-0.15, -0.1) is 0 Å². The van der Waals surface area contributed by atoms with E-state index >= 15 is 0 Å². The Morgan fingerprint density at radius 1 is 1.33 bits per heavy atom. The van der Waals surface area contributed by atoms with Crippen molar-refractivity contribution in [3.05, 3.63) is 0 Å². The third kappa shape index (κ3) is 2.80. The van der Waals surface area contributed by atoms with Crippen LogP contribution in [0.15, 0.2) is 0 Å². The number of rotatable bonds is 3. The van der Waals surface area contributed by atoms with Crippen molar-refractivity contribution in [2.75, 3.05) is 0 Å². The van der Waals surface area contributed by atoms with Gasteiger partial charge in [-0.2, -0.15) is 0 Å². The van der Waals surface area contributed by atoms with Crippen molar-refractivity contribution >= 4 is 0 Å². The summed E-state index contributed by atoms with van der Waals surface area (Å²) >= 11 is 0. The molecule has 1 aliphatic carbocycles. The molecular weight excluding hydrogens is 144 g/mol. The molecule has 0 spiro atoms. The summed E-state index contributed by atoms with van der Waals surface area (Å²) in [6.45, 7) is 11.8. The fourth-order valence-electron chi connectivity index (χ4n) is 2.39. The van der Waals surface area contributed by atoms with Crippen molar-refractivity contribution in [2.45, 2.75) is 53.9 Å². The van der Waals surface area contributed by atoms with E-state index in [2.05, 4.69) is 34.6 Å². The first-order valence-corrected chi connectivity index (χ1v) is 5.44. The van der Waals surface area contributed by atoms with Gasteiger partial charge in [-0.25, -0.2) is 0 Å². The maximum atomic E-state index is 2.40. The molecule has 0 bridgehead atoms. The molecule has 0 aromatic rings. The van der Waals surface area contributed by atoms with Crippen molar-refractivity contribution in [2.24, 2.45) is 23.2 Å². The van der Waals surface area contributed by atoms with Crippen LogP contribution >= 0.6 is 0 Å². The fraction of sp³-hybridized carbons (Fsp3) is 1.00. The summed E-state index contributed by atoms with van der Waals surface area (Å²) in [6.07, 6.45) is 4.29. The molecule has 1 fully saturated rings. The van der Waals surface area contributed by atoms with E-state index in [1.54, 1.807) is 0 Å². The first-order valence-electron chi connectivity index (χ1n) is 5.44. The molecule has 0 amide bonds. The lowest BCUT2D eigenvalue weighted by atomic mass is 9.81. The summed E-state index contributed by atoms with van der Waals surface area (Å²) in [6, 6.07) is 0. The number of hydrogen-bond donors (Lipinski definition) is 0. The third-order valence-electron chi connectivity index (χ3n) is 3.18. The zero-order chi connectivity index (χ0) is 9.35. The minimum absolute atomic E-state index is 0.531. The molecule has 12 heavy (non-hydrogen) atoms. The Kier molecular flexibility index (Phi) is 2.85. The molecule has 0 heteroatoms. The van der Waals surface area contributed by atoms with Gasteiger partial charge in [0.15, 0.2) is 0 Å². The zero-order valence-electron chi connectivity index (χ0n) is 9.35. The second-order valence-corrected chi connectivity index (χ2v) is 5.81. The first-order chi connectivity index (χ1) is 5.44. The Hall–Kier alpha value is 0. The molecule has 1 aliphatic rings. The molecule has 0 radical (unpaired) electrons. The lowest BCUT2D eigenvalue weighted by Gasteiger charge is -2.25. The predicted molar refractivity (Wildman–Crippen MR) is 55.1 cm³/mol. The van der Waals surface area contributed by atoms with Gasteiger partial charge < -0.3 is 0 Å². The Morgan fingerprint density at radius 3 is 2.08 bits per heavy atom. The van der Waals surface area contributed by atoms with Crippen LogP contribution in [0.3, 0.4) is 0 Å². The Labute approximate surface area is 77.7 Å². The maximum absolute atomic E-state index is 2.40. The van der Waals surface area contributed by atoms with Crippen LogP contribution in [0.2, 0.25) is 0 Å². The molecule has 0 saturated heterocycles. The van der Waals surface area contributed by atoms with Gasteiger partial charge >= 0.3 is 0 Å². The van der Waals surface area contributed by atoms with Crippen LogP contribution in [-0.4, -0.2) is 0 Å². The average molecular weight is 168 g/mol. The highest BCUT2D eigenvalue weighted by Gasteiger charge is 2.39. The molecule has 1 rings (SSSR count). The highest BCUT2D eigenvalue weighted by atomic mass is 14.4. The third-order valence-corrected chi connectivity index (χ3v) is 3.18. The van der Waals surface area contributed by atoms with Gasteiger partial charge in [-0.1, -0.05) is 41.0 Å². The van der Waals surface area contributed by atoms with Crippen LogP contribution < -0.4 is 0 Å². The van der Waals surface area contributed by atoms with Crippen molar-refractivity contribution in [1.82, 2.24) is 0 Å². The lowest BCUT2D eigenvalue weighted by molar-refractivity contribution is 0.259. The van der Waals surface area contributed by atoms with Crippen LogP contribution in [0.4, 0.5) is 0 Å². The highest BCUT2D eigenvalue weighted by molar-refractivity contribution is 4.89. The summed E-state index contributed by atoms with van der Waals surface area (Å²) < 4.78 is 0. The molecule has 72 valence electrons. The van der Waals surface area contributed by atoms with E-state index in [9.17, 15) is 0 Å². The SMILES string of the molecule is CCC(CC(C)(C)C)C1CC1C. The molecule has 0 aliphatic heterocycles. The highest BCUT2D eigenvalue weighted by Crippen LogP contribution is 2.48. The van der Waals surface area contributed by atoms with Crippen LogP contribution in [0.5, 0.6) is 0 Å². The van der Waals surface area contributed by atoms with Crippen molar-refractivity contribution in [1.29, 1.82) is 0 Å². The van der Waals surface area contributed by atoms with Crippen molar-refractivity contribution in [3.63, 3.8) is 0 Å². The van der Waals surface area contributed by atoms with Gasteiger partial charge in [0.1, 0.15) is 0 Å². The van der Waals surface area contributed by atoms with Crippen LogP contribution in [0, 0.1) is 23.2 Å². The Morgan fingerprint density at radius 2 is 1.83 bits per heavy atom. The van der Waals surface area contributed by atoms with E-state index in [0.29, 0.717) is 5.41 Å². The summed E-state index contributed by atoms with van der Waals surface area (Å²) in [7, 11) is 0. The lowest BCUT2D eigenvalue weighted by Crippen LogP contribution is -2.14. The van der Waals surface area contributed by atoms with Crippen LogP contribution in [-0.2, 0) is 0 Å². The number of hydrogen-bond acceptors (Lipinski definition) is 0. The Bertz CT molecular complexity index is 141. The van der Waals surface area contributed by atoms with Crippen molar-refractivity contribution in [3.8, 4) is 0 Å². The molecule has 3 unspecified atom stereocenters. The van der Waals surface area contributed by atoms with Gasteiger partial charge in [0.25, 0.3) is 0 Å². The van der Waals surface area contributed by atoms with Gasteiger partial charge in [0.05, 0.1) is 0 Å². The normalized spacial score (nSPS) is 31.8. The molecule has 0 heterocycles. The molecule has 0 N–H and O–H groups in total. The molecule has 0 aromatic heterocycles. The minimum Gasteiger partial charge on any atom is -0.0651 e. The molecule has 3 atom stereocenters. The van der Waals surface area contributed by atoms with E-state index in [-0.39, 0.29) is 0 Å². The topological polar surface area (TPSA) is 0 Å². The van der Waals surface area contributed by atoms with Gasteiger partial charge in [0, 0.05) is 0 Å². The van der Waals surface area contributed by atoms with E-state index in [1.165, 1.54) is 19.3 Å². The van der Waals surface area contributed by atoms with E-state index < -0.39 is 0 Å². The summed E-state index contributed by atoms with van der Waals surface area (Å²) in [4.78, 5) is 0. The van der Waals surface area contributed by atoms with Crippen molar-refractivity contribution < 1.29 is 0 Å². The molecule has 1 saturated carbocycles. The largest absolute Gasteiger partial charge is 0.0651 e. The Balaban J connectivity index is 2.36. The summed E-state index contributed by atoms with van der Waals surface area (Å²) in [5.74, 6) is 3.09. The van der Waals surface area contributed by atoms with Gasteiger partial charge in [0.2, 0.25) is 0 Å². The van der Waals surface area contributed by atoms with Crippen LogP contribution in [0.25, 0.3) is 0 Å². The van der Waals surface area contributed by atoms with Crippen LogP contribution in [0.1, 0.15) is 53.9 Å². The van der Waals surface area contributed by atoms with Gasteiger partial charge in [-0.05, 0) is 36.0 Å². The summed E-state index contributed by atoms with van der Waals surface area (Å²) in [5, 5.41) is 0. The van der Waals surface area contributed by atoms with E-state index in [4.69, 9.17) is 0 Å². The monoisotopic (exact) mass is 168 g/mol. The zero-order valence-corrected chi connectivity index (χ0v) is 9.35. The quantitative estimate of drug-likeness (QED) is 0.595.